The molecule has 2 amide bonds. The Bertz CT molecular complexity index is 507. The maximum atomic E-state index is 11.7. The summed E-state index contributed by atoms with van der Waals surface area (Å²) in [5.74, 6) is -0.877. The predicted molar refractivity (Wildman–Crippen MR) is 68.5 cm³/mol. The molecule has 0 unspecified atom stereocenters. The van der Waals surface area contributed by atoms with Gasteiger partial charge in [0.1, 0.15) is 5.75 Å². The van der Waals surface area contributed by atoms with E-state index in [9.17, 15) is 14.4 Å². The highest BCUT2D eigenvalue weighted by molar-refractivity contribution is 6.01. The topological polar surface area (TPSA) is 72.9 Å². The number of benzene rings is 1. The molecule has 0 bridgehead atoms. The highest BCUT2D eigenvalue weighted by Gasteiger charge is 2.32. The van der Waals surface area contributed by atoms with Gasteiger partial charge in [0.15, 0.2) is 0 Å². The van der Waals surface area contributed by atoms with Gasteiger partial charge in [0, 0.05) is 12.8 Å². The first kappa shape index (κ1) is 14.0. The lowest BCUT2D eigenvalue weighted by Crippen LogP contribution is -2.32. The average molecular weight is 277 g/mol. The van der Waals surface area contributed by atoms with Crippen molar-refractivity contribution in [2.24, 2.45) is 0 Å². The Morgan fingerprint density at radius 1 is 1.15 bits per heavy atom. The van der Waals surface area contributed by atoms with Crippen LogP contribution in [-0.4, -0.2) is 29.5 Å². The number of imide groups is 1. The molecular weight excluding hydrogens is 262 g/mol. The van der Waals surface area contributed by atoms with Crippen LogP contribution in [0.5, 0.6) is 5.75 Å². The van der Waals surface area contributed by atoms with Crippen LogP contribution < -0.4 is 4.74 Å². The van der Waals surface area contributed by atoms with Crippen LogP contribution in [-0.2, 0) is 25.6 Å². The maximum absolute atomic E-state index is 11.7. The zero-order chi connectivity index (χ0) is 14.5. The number of hydrogen-bond donors (Lipinski definition) is 0. The van der Waals surface area contributed by atoms with Crippen molar-refractivity contribution in [2.75, 3.05) is 6.61 Å². The fourth-order valence-electron chi connectivity index (χ4n) is 1.83. The lowest BCUT2D eigenvalue weighted by atomic mass is 10.1. The van der Waals surface area contributed by atoms with Gasteiger partial charge < -0.3 is 9.57 Å². The van der Waals surface area contributed by atoms with Crippen LogP contribution in [0.15, 0.2) is 24.3 Å². The standard InChI is InChI=1S/C14H15NO5/c1-2-19-11-5-3-10(4-6-11)9-14(18)20-15-12(16)7-8-13(15)17/h3-6H,2,7-9H2,1H3. The highest BCUT2D eigenvalue weighted by Crippen LogP contribution is 2.15. The van der Waals surface area contributed by atoms with E-state index < -0.39 is 17.8 Å². The summed E-state index contributed by atoms with van der Waals surface area (Å²) in [6.07, 6.45) is 0.174. The van der Waals surface area contributed by atoms with Crippen molar-refractivity contribution in [3.05, 3.63) is 29.8 Å². The van der Waals surface area contributed by atoms with Crippen molar-refractivity contribution < 1.29 is 24.0 Å². The van der Waals surface area contributed by atoms with E-state index in [1.807, 2.05) is 6.92 Å². The summed E-state index contributed by atoms with van der Waals surface area (Å²) < 4.78 is 5.29. The minimum Gasteiger partial charge on any atom is -0.494 e. The second kappa shape index (κ2) is 6.18. The smallest absolute Gasteiger partial charge is 0.337 e. The molecule has 1 saturated heterocycles. The van der Waals surface area contributed by atoms with Crippen LogP contribution in [0.1, 0.15) is 25.3 Å². The highest BCUT2D eigenvalue weighted by atomic mass is 16.7. The van der Waals surface area contributed by atoms with Gasteiger partial charge in [0.05, 0.1) is 13.0 Å². The first-order valence-electron chi connectivity index (χ1n) is 6.38. The Kier molecular flexibility index (Phi) is 4.34. The molecule has 20 heavy (non-hydrogen) atoms. The van der Waals surface area contributed by atoms with Crippen molar-refractivity contribution >= 4 is 17.8 Å². The first-order chi connectivity index (χ1) is 9.60. The number of carbonyl (C=O) groups is 3. The van der Waals surface area contributed by atoms with E-state index in [0.717, 1.165) is 11.3 Å². The van der Waals surface area contributed by atoms with Gasteiger partial charge in [-0.1, -0.05) is 12.1 Å². The molecule has 2 rings (SSSR count). The van der Waals surface area contributed by atoms with E-state index in [-0.39, 0.29) is 19.3 Å². The normalized spacial score (nSPS) is 14.6. The molecule has 0 radical (unpaired) electrons. The van der Waals surface area contributed by atoms with Gasteiger partial charge in [-0.15, -0.1) is 5.06 Å². The second-order valence-corrected chi connectivity index (χ2v) is 4.30. The first-order valence-corrected chi connectivity index (χ1v) is 6.38. The van der Waals surface area contributed by atoms with Crippen LogP contribution in [0, 0.1) is 0 Å². The molecule has 0 saturated carbocycles. The third-order valence-electron chi connectivity index (χ3n) is 2.78. The molecule has 0 aliphatic carbocycles. The number of ether oxygens (including phenoxy) is 1. The van der Waals surface area contributed by atoms with Crippen LogP contribution in [0.3, 0.4) is 0 Å². The van der Waals surface area contributed by atoms with Gasteiger partial charge in [0.25, 0.3) is 11.8 Å². The molecule has 6 nitrogen and oxygen atoms in total. The summed E-state index contributed by atoms with van der Waals surface area (Å²) >= 11 is 0. The molecule has 1 aromatic carbocycles. The van der Waals surface area contributed by atoms with E-state index in [1.165, 1.54) is 0 Å². The minimum absolute atomic E-state index is 0.0105. The number of rotatable bonds is 5. The van der Waals surface area contributed by atoms with Crippen molar-refractivity contribution in [1.82, 2.24) is 5.06 Å². The minimum atomic E-state index is -0.641. The molecule has 0 spiro atoms. The lowest BCUT2D eigenvalue weighted by molar-refractivity contribution is -0.197. The third kappa shape index (κ3) is 3.34. The molecule has 0 aromatic heterocycles. The molecule has 6 heteroatoms. The van der Waals surface area contributed by atoms with Crippen molar-refractivity contribution in [3.63, 3.8) is 0 Å². The third-order valence-corrected chi connectivity index (χ3v) is 2.78. The molecule has 106 valence electrons. The van der Waals surface area contributed by atoms with Gasteiger partial charge in [-0.2, -0.15) is 0 Å². The fraction of sp³-hybridized carbons (Fsp3) is 0.357. The summed E-state index contributed by atoms with van der Waals surface area (Å²) in [5.41, 5.74) is 0.720. The lowest BCUT2D eigenvalue weighted by Gasteiger charge is -2.12. The summed E-state index contributed by atoms with van der Waals surface area (Å²) in [5, 5.41) is 0.552. The molecule has 1 fully saturated rings. The second-order valence-electron chi connectivity index (χ2n) is 4.30. The molecule has 1 heterocycles. The van der Waals surface area contributed by atoms with E-state index >= 15 is 0 Å². The number of hydroxylamine groups is 2. The van der Waals surface area contributed by atoms with Crippen LogP contribution in [0.2, 0.25) is 0 Å². The quantitative estimate of drug-likeness (QED) is 0.757. The average Bonchev–Trinajstić information content (AvgIpc) is 2.73. The summed E-state index contributed by atoms with van der Waals surface area (Å²) in [6, 6.07) is 6.97. The van der Waals surface area contributed by atoms with Crippen LogP contribution in [0.25, 0.3) is 0 Å². The Morgan fingerprint density at radius 3 is 2.30 bits per heavy atom. The monoisotopic (exact) mass is 277 g/mol. The molecule has 1 aliphatic heterocycles. The Balaban J connectivity index is 1.91. The van der Waals surface area contributed by atoms with Crippen molar-refractivity contribution in [1.29, 1.82) is 0 Å². The predicted octanol–water partition coefficient (Wildman–Crippen LogP) is 1.23. The number of hydrogen-bond acceptors (Lipinski definition) is 5. The number of carbonyl (C=O) groups excluding carboxylic acids is 3. The molecule has 1 aliphatic rings. The van der Waals surface area contributed by atoms with Gasteiger partial charge in [-0.25, -0.2) is 4.79 Å². The van der Waals surface area contributed by atoms with E-state index in [4.69, 9.17) is 9.57 Å². The summed E-state index contributed by atoms with van der Waals surface area (Å²) in [4.78, 5) is 39.1. The van der Waals surface area contributed by atoms with Gasteiger partial charge in [-0.05, 0) is 24.6 Å². The van der Waals surface area contributed by atoms with Crippen LogP contribution in [0.4, 0.5) is 0 Å². The van der Waals surface area contributed by atoms with E-state index in [0.29, 0.717) is 11.7 Å². The van der Waals surface area contributed by atoms with Crippen molar-refractivity contribution in [2.45, 2.75) is 26.2 Å². The molecule has 0 N–H and O–H groups in total. The largest absolute Gasteiger partial charge is 0.494 e. The van der Waals surface area contributed by atoms with Crippen molar-refractivity contribution in [3.8, 4) is 5.75 Å². The number of amides is 2. The summed E-state index contributed by atoms with van der Waals surface area (Å²) in [6.45, 7) is 2.45. The molecule has 0 atom stereocenters. The van der Waals surface area contributed by atoms with Gasteiger partial charge in [-0.3, -0.25) is 9.59 Å². The van der Waals surface area contributed by atoms with Gasteiger partial charge >= 0.3 is 5.97 Å². The zero-order valence-corrected chi connectivity index (χ0v) is 11.1. The zero-order valence-electron chi connectivity index (χ0n) is 11.1. The Morgan fingerprint density at radius 2 is 1.75 bits per heavy atom. The maximum Gasteiger partial charge on any atom is 0.337 e. The van der Waals surface area contributed by atoms with E-state index in [2.05, 4.69) is 0 Å². The Labute approximate surface area is 116 Å². The SMILES string of the molecule is CCOc1ccc(CC(=O)ON2C(=O)CCC2=O)cc1. The summed E-state index contributed by atoms with van der Waals surface area (Å²) in [7, 11) is 0. The number of nitrogens with zero attached hydrogens (tertiary/aromatic N) is 1. The molecule has 1 aromatic rings. The van der Waals surface area contributed by atoms with Crippen LogP contribution >= 0.6 is 0 Å². The van der Waals surface area contributed by atoms with Gasteiger partial charge in [0.2, 0.25) is 0 Å². The van der Waals surface area contributed by atoms with E-state index in [1.54, 1.807) is 24.3 Å². The fourth-order valence-corrected chi connectivity index (χ4v) is 1.83. The molecular formula is C14H15NO5. The Hall–Kier alpha value is -2.37.